The fourth-order valence-electron chi connectivity index (χ4n) is 4.21. The summed E-state index contributed by atoms with van der Waals surface area (Å²) in [5.74, 6) is -0.148. The Morgan fingerprint density at radius 1 is 1.08 bits per heavy atom. The van der Waals surface area contributed by atoms with Gasteiger partial charge in [-0.1, -0.05) is 24.3 Å². The number of rotatable bonds is 2. The predicted octanol–water partition coefficient (Wildman–Crippen LogP) is 3.64. The molecule has 2 amide bonds. The van der Waals surface area contributed by atoms with E-state index in [1.165, 1.54) is 5.56 Å². The number of fused-ring (bicyclic) bond motifs is 1. The lowest BCUT2D eigenvalue weighted by atomic mass is 9.99. The number of carbonyl (C=O) groups excluding carboxylic acids is 2. The summed E-state index contributed by atoms with van der Waals surface area (Å²) in [6.07, 6.45) is 2.28. The van der Waals surface area contributed by atoms with Crippen LogP contribution in [0.2, 0.25) is 0 Å². The van der Waals surface area contributed by atoms with Crippen LogP contribution in [0.5, 0.6) is 0 Å². The van der Waals surface area contributed by atoms with Crippen molar-refractivity contribution < 1.29 is 9.59 Å². The van der Waals surface area contributed by atoms with E-state index in [0.717, 1.165) is 41.9 Å². The van der Waals surface area contributed by atoms with E-state index < -0.39 is 0 Å². The van der Waals surface area contributed by atoms with Crippen LogP contribution in [0.15, 0.2) is 42.5 Å². The van der Waals surface area contributed by atoms with Crippen molar-refractivity contribution in [2.45, 2.75) is 33.1 Å². The number of benzene rings is 2. The zero-order valence-corrected chi connectivity index (χ0v) is 15.4. The molecule has 1 unspecified atom stereocenters. The molecule has 2 aliphatic heterocycles. The molecule has 134 valence electrons. The number of aryl methyl sites for hydroxylation is 3. The number of para-hydroxylation sites is 1. The number of nitrogens with zero attached hydrogens (tertiary/aromatic N) is 2. The highest BCUT2D eigenvalue weighted by Gasteiger charge is 2.38. The fourth-order valence-corrected chi connectivity index (χ4v) is 4.21. The lowest BCUT2D eigenvalue weighted by Gasteiger charge is -2.31. The number of anilines is 2. The van der Waals surface area contributed by atoms with Crippen molar-refractivity contribution in [3.63, 3.8) is 0 Å². The molecule has 0 saturated carbocycles. The molecule has 0 aromatic heterocycles. The van der Waals surface area contributed by atoms with E-state index in [0.29, 0.717) is 13.0 Å². The van der Waals surface area contributed by atoms with Crippen molar-refractivity contribution >= 4 is 23.2 Å². The summed E-state index contributed by atoms with van der Waals surface area (Å²) >= 11 is 0. The maximum absolute atomic E-state index is 13.2. The molecule has 2 aromatic rings. The summed E-state index contributed by atoms with van der Waals surface area (Å²) in [7, 11) is 0. The normalized spacial score (nSPS) is 19.6. The first-order valence-electron chi connectivity index (χ1n) is 9.31. The molecule has 0 bridgehead atoms. The predicted molar refractivity (Wildman–Crippen MR) is 103 cm³/mol. The Morgan fingerprint density at radius 3 is 2.58 bits per heavy atom. The second-order valence-corrected chi connectivity index (χ2v) is 7.47. The molecule has 4 nitrogen and oxygen atoms in total. The lowest BCUT2D eigenvalue weighted by molar-refractivity contribution is -0.124. The van der Waals surface area contributed by atoms with E-state index >= 15 is 0 Å². The molecule has 26 heavy (non-hydrogen) atoms. The maximum atomic E-state index is 13.2. The molecule has 2 aromatic carbocycles. The van der Waals surface area contributed by atoms with Crippen molar-refractivity contribution in [2.24, 2.45) is 5.92 Å². The summed E-state index contributed by atoms with van der Waals surface area (Å²) in [5.41, 5.74) is 5.41. The second-order valence-electron chi connectivity index (χ2n) is 7.47. The van der Waals surface area contributed by atoms with Gasteiger partial charge in [-0.3, -0.25) is 9.59 Å². The molecule has 2 heterocycles. The van der Waals surface area contributed by atoms with Gasteiger partial charge in [0.25, 0.3) is 0 Å². The van der Waals surface area contributed by atoms with Crippen molar-refractivity contribution in [2.75, 3.05) is 22.9 Å². The Balaban J connectivity index is 1.57. The van der Waals surface area contributed by atoms with Crippen molar-refractivity contribution in [3.8, 4) is 0 Å². The summed E-state index contributed by atoms with van der Waals surface area (Å²) < 4.78 is 0. The fraction of sp³-hybridized carbons (Fsp3) is 0.364. The molecule has 2 aliphatic rings. The molecular formula is C22H24N2O2. The van der Waals surface area contributed by atoms with Gasteiger partial charge in [0.1, 0.15) is 0 Å². The number of hydrogen-bond donors (Lipinski definition) is 0. The molecule has 0 N–H and O–H groups in total. The Bertz CT molecular complexity index is 854. The van der Waals surface area contributed by atoms with Crippen LogP contribution >= 0.6 is 0 Å². The third-order valence-corrected chi connectivity index (χ3v) is 5.37. The van der Waals surface area contributed by atoms with E-state index in [9.17, 15) is 9.59 Å². The topological polar surface area (TPSA) is 40.6 Å². The third kappa shape index (κ3) is 3.00. The lowest BCUT2D eigenvalue weighted by Crippen LogP contribution is -2.40. The summed E-state index contributed by atoms with van der Waals surface area (Å²) in [6, 6.07) is 14.3. The largest absolute Gasteiger partial charge is 0.312 e. The zero-order valence-electron chi connectivity index (χ0n) is 15.4. The molecule has 4 rings (SSSR count). The highest BCUT2D eigenvalue weighted by Crippen LogP contribution is 2.32. The summed E-state index contributed by atoms with van der Waals surface area (Å²) in [6.45, 7) is 5.28. The number of amides is 2. The van der Waals surface area contributed by atoms with Gasteiger partial charge in [0, 0.05) is 30.9 Å². The highest BCUT2D eigenvalue weighted by atomic mass is 16.2. The molecule has 1 fully saturated rings. The van der Waals surface area contributed by atoms with Crippen LogP contribution in [-0.4, -0.2) is 24.9 Å². The molecular weight excluding hydrogens is 324 g/mol. The average molecular weight is 348 g/mol. The smallest absolute Gasteiger partial charge is 0.232 e. The number of carbonyl (C=O) groups is 2. The van der Waals surface area contributed by atoms with Gasteiger partial charge in [0.15, 0.2) is 0 Å². The molecule has 4 heteroatoms. The standard InChI is InChI=1S/C22H24N2O2/c1-15-10-16(2)12-19(11-15)24-14-18(13-21(24)25)22(26)23-9-5-7-17-6-3-4-8-20(17)23/h3-4,6,8,10-12,18H,5,7,9,13-14H2,1-2H3. The molecule has 0 spiro atoms. The van der Waals surface area contributed by atoms with E-state index in [1.807, 2.05) is 49.1 Å². The van der Waals surface area contributed by atoms with Gasteiger partial charge in [-0.25, -0.2) is 0 Å². The average Bonchev–Trinajstić information content (AvgIpc) is 3.01. The molecule has 0 aliphatic carbocycles. The number of hydrogen-bond acceptors (Lipinski definition) is 2. The minimum Gasteiger partial charge on any atom is -0.312 e. The Kier molecular flexibility index (Phi) is 4.27. The quantitative estimate of drug-likeness (QED) is 0.831. The molecule has 1 saturated heterocycles. The van der Waals surface area contributed by atoms with E-state index in [-0.39, 0.29) is 17.7 Å². The van der Waals surface area contributed by atoms with Crippen LogP contribution in [0, 0.1) is 19.8 Å². The Labute approximate surface area is 154 Å². The van der Waals surface area contributed by atoms with Crippen molar-refractivity contribution in [1.82, 2.24) is 0 Å². The molecule has 1 atom stereocenters. The van der Waals surface area contributed by atoms with E-state index in [2.05, 4.69) is 12.1 Å². The zero-order chi connectivity index (χ0) is 18.3. The van der Waals surface area contributed by atoms with Crippen LogP contribution in [0.3, 0.4) is 0 Å². The van der Waals surface area contributed by atoms with Gasteiger partial charge < -0.3 is 9.80 Å². The SMILES string of the molecule is Cc1cc(C)cc(N2CC(C(=O)N3CCCc4ccccc43)CC2=O)c1. The van der Waals surface area contributed by atoms with Crippen LogP contribution in [0.1, 0.15) is 29.5 Å². The van der Waals surface area contributed by atoms with Crippen molar-refractivity contribution in [1.29, 1.82) is 0 Å². The Hall–Kier alpha value is -2.62. The van der Waals surface area contributed by atoms with Crippen LogP contribution in [-0.2, 0) is 16.0 Å². The maximum Gasteiger partial charge on any atom is 0.232 e. The first-order valence-corrected chi connectivity index (χ1v) is 9.31. The molecule has 0 radical (unpaired) electrons. The van der Waals surface area contributed by atoms with E-state index in [1.54, 1.807) is 4.90 Å². The first-order chi connectivity index (χ1) is 12.5. The van der Waals surface area contributed by atoms with Gasteiger partial charge in [-0.05, 0) is 61.6 Å². The van der Waals surface area contributed by atoms with Gasteiger partial charge in [-0.15, -0.1) is 0 Å². The minimum atomic E-state index is -0.269. The van der Waals surface area contributed by atoms with Crippen LogP contribution in [0.25, 0.3) is 0 Å². The van der Waals surface area contributed by atoms with Crippen LogP contribution in [0.4, 0.5) is 11.4 Å². The summed E-state index contributed by atoms with van der Waals surface area (Å²) in [4.78, 5) is 29.4. The second kappa shape index (κ2) is 6.60. The van der Waals surface area contributed by atoms with Gasteiger partial charge in [-0.2, -0.15) is 0 Å². The monoisotopic (exact) mass is 348 g/mol. The van der Waals surface area contributed by atoms with Gasteiger partial charge >= 0.3 is 0 Å². The minimum absolute atomic E-state index is 0.0404. The van der Waals surface area contributed by atoms with Gasteiger partial charge in [0.2, 0.25) is 11.8 Å². The van der Waals surface area contributed by atoms with E-state index in [4.69, 9.17) is 0 Å². The summed E-state index contributed by atoms with van der Waals surface area (Å²) in [5, 5.41) is 0. The first kappa shape index (κ1) is 16.8. The third-order valence-electron chi connectivity index (χ3n) is 5.37. The Morgan fingerprint density at radius 2 is 1.81 bits per heavy atom. The van der Waals surface area contributed by atoms with Crippen LogP contribution < -0.4 is 9.80 Å². The highest BCUT2D eigenvalue weighted by molar-refractivity contribution is 6.04. The van der Waals surface area contributed by atoms with Crippen molar-refractivity contribution in [3.05, 3.63) is 59.2 Å². The van der Waals surface area contributed by atoms with Gasteiger partial charge in [0.05, 0.1) is 5.92 Å².